The van der Waals surface area contributed by atoms with Crippen LogP contribution >= 0.6 is 0 Å². The van der Waals surface area contributed by atoms with Gasteiger partial charge in [-0.3, -0.25) is 9.13 Å². The highest BCUT2D eigenvalue weighted by Gasteiger charge is 2.41. The Morgan fingerprint density at radius 1 is 0.286 bits per heavy atom. The summed E-state index contributed by atoms with van der Waals surface area (Å²) < 4.78 is 4.39. The Bertz CT molecular complexity index is 3280. The zero-order valence-corrected chi connectivity index (χ0v) is 35.3. The van der Waals surface area contributed by atoms with Crippen molar-refractivity contribution in [2.75, 3.05) is 0 Å². The lowest BCUT2D eigenvalue weighted by Crippen LogP contribution is -2.74. The Hall–Kier alpha value is -8.19. The molecule has 0 radical (unpaired) electrons. The van der Waals surface area contributed by atoms with Crippen LogP contribution in [0.5, 0.6) is 0 Å². The summed E-state index contributed by atoms with van der Waals surface area (Å²) in [7, 11) is -2.88. The number of hydrogen-bond acceptors (Lipinski definition) is 3. The smallest absolute Gasteiger partial charge is 0.240 e. The van der Waals surface area contributed by atoms with Crippen LogP contribution in [0.15, 0.2) is 237 Å². The number of benzene rings is 9. The molecule has 296 valence electrons. The minimum Gasteiger partial charge on any atom is -0.278 e. The van der Waals surface area contributed by atoms with Crippen LogP contribution < -0.4 is 20.7 Å². The van der Waals surface area contributed by atoms with Crippen LogP contribution in [-0.4, -0.2) is 32.2 Å². The standard InChI is InChI=1S/C57H39N5Si/c1-5-21-40(22-6-1)50-39-44(63(41-23-7-2-8-24-41,42-25-9-3-10-26-42)43-27-11-4-12-28-43)37-38-49(50)55-58-56(61-51-33-17-13-29-45(51)46-30-14-18-34-52(46)61)60-57(59-55)62-53-35-19-15-31-47(53)48-32-16-20-36-54(48)62/h1-39H. The van der Waals surface area contributed by atoms with Gasteiger partial charge in [0.2, 0.25) is 11.9 Å². The number of aromatic nitrogens is 5. The average molecular weight is 822 g/mol. The molecule has 0 aliphatic heterocycles. The normalized spacial score (nSPS) is 11.8. The van der Waals surface area contributed by atoms with Gasteiger partial charge in [-0.05, 0) is 56.1 Å². The first-order chi connectivity index (χ1) is 31.3. The summed E-state index contributed by atoms with van der Waals surface area (Å²) in [5.74, 6) is 1.70. The van der Waals surface area contributed by atoms with Crippen LogP contribution in [0.25, 0.3) is 78.0 Å². The second-order valence-electron chi connectivity index (χ2n) is 16.0. The molecule has 0 amide bonds. The summed E-state index contributed by atoms with van der Waals surface area (Å²) in [5.41, 5.74) is 7.20. The molecular formula is C57H39N5Si. The largest absolute Gasteiger partial charge is 0.278 e. The predicted octanol–water partition coefficient (Wildman–Crippen LogP) is 10.8. The molecule has 9 aromatic carbocycles. The third kappa shape index (κ3) is 5.87. The second kappa shape index (κ2) is 15.1. The fraction of sp³-hybridized carbons (Fsp3) is 0. The predicted molar refractivity (Wildman–Crippen MR) is 263 cm³/mol. The fourth-order valence-electron chi connectivity index (χ4n) is 9.84. The van der Waals surface area contributed by atoms with Gasteiger partial charge in [-0.25, -0.2) is 0 Å². The molecule has 3 aromatic heterocycles. The highest BCUT2D eigenvalue weighted by Crippen LogP contribution is 2.36. The minimum atomic E-state index is -2.88. The molecule has 0 fully saturated rings. The summed E-state index contributed by atoms with van der Waals surface area (Å²) in [6, 6.07) is 85.0. The molecule has 63 heavy (non-hydrogen) atoms. The molecule has 5 nitrogen and oxygen atoms in total. The Labute approximate surface area is 365 Å². The maximum absolute atomic E-state index is 5.51. The fourth-order valence-corrected chi connectivity index (χ4v) is 14.6. The van der Waals surface area contributed by atoms with Crippen molar-refractivity contribution in [3.05, 3.63) is 237 Å². The van der Waals surface area contributed by atoms with Gasteiger partial charge in [0.25, 0.3) is 0 Å². The molecule has 0 saturated carbocycles. The van der Waals surface area contributed by atoms with Gasteiger partial charge in [0.1, 0.15) is 0 Å². The molecule has 0 saturated heterocycles. The number of fused-ring (bicyclic) bond motifs is 6. The number of para-hydroxylation sites is 4. The topological polar surface area (TPSA) is 48.5 Å². The van der Waals surface area contributed by atoms with Crippen LogP contribution in [0, 0.1) is 0 Å². The first-order valence-electron chi connectivity index (χ1n) is 21.4. The molecule has 12 rings (SSSR count). The lowest BCUT2D eigenvalue weighted by Gasteiger charge is -2.35. The Morgan fingerprint density at radius 2 is 0.635 bits per heavy atom. The van der Waals surface area contributed by atoms with Crippen molar-refractivity contribution in [1.82, 2.24) is 24.1 Å². The summed E-state index contributed by atoms with van der Waals surface area (Å²) in [5, 5.41) is 9.80. The van der Waals surface area contributed by atoms with Crippen LogP contribution in [0.2, 0.25) is 0 Å². The van der Waals surface area contributed by atoms with E-state index in [1.54, 1.807) is 0 Å². The van der Waals surface area contributed by atoms with Gasteiger partial charge in [0, 0.05) is 27.1 Å². The van der Waals surface area contributed by atoms with Crippen molar-refractivity contribution in [2.45, 2.75) is 0 Å². The highest BCUT2D eigenvalue weighted by atomic mass is 28.3. The summed E-state index contributed by atoms with van der Waals surface area (Å²) >= 11 is 0. The lowest BCUT2D eigenvalue weighted by molar-refractivity contribution is 0.893. The van der Waals surface area contributed by atoms with Crippen LogP contribution in [0.1, 0.15) is 0 Å². The van der Waals surface area contributed by atoms with Gasteiger partial charge < -0.3 is 0 Å². The monoisotopic (exact) mass is 821 g/mol. The number of nitrogens with zero attached hydrogens (tertiary/aromatic N) is 5. The van der Waals surface area contributed by atoms with E-state index in [2.05, 4.69) is 246 Å². The minimum absolute atomic E-state index is 0.555. The average Bonchev–Trinajstić information content (AvgIpc) is 3.89. The Kier molecular flexibility index (Phi) is 8.76. The third-order valence-electron chi connectivity index (χ3n) is 12.6. The van der Waals surface area contributed by atoms with Crippen LogP contribution in [0.4, 0.5) is 0 Å². The molecule has 0 bridgehead atoms. The van der Waals surface area contributed by atoms with E-state index in [1.807, 2.05) is 0 Å². The van der Waals surface area contributed by atoms with E-state index in [9.17, 15) is 0 Å². The quantitative estimate of drug-likeness (QED) is 0.113. The Morgan fingerprint density at radius 3 is 1.03 bits per heavy atom. The number of hydrogen-bond donors (Lipinski definition) is 0. The van der Waals surface area contributed by atoms with E-state index in [4.69, 9.17) is 15.0 Å². The van der Waals surface area contributed by atoms with Crippen LogP contribution in [-0.2, 0) is 0 Å². The maximum Gasteiger partial charge on any atom is 0.240 e. The van der Waals surface area contributed by atoms with Gasteiger partial charge in [-0.15, -0.1) is 0 Å². The van der Waals surface area contributed by atoms with Crippen molar-refractivity contribution in [3.8, 4) is 34.4 Å². The molecule has 0 aliphatic carbocycles. The van der Waals surface area contributed by atoms with Gasteiger partial charge in [-0.2, -0.15) is 15.0 Å². The van der Waals surface area contributed by atoms with Crippen molar-refractivity contribution in [3.63, 3.8) is 0 Å². The molecule has 0 N–H and O–H groups in total. The van der Waals surface area contributed by atoms with E-state index in [-0.39, 0.29) is 0 Å². The first kappa shape index (κ1) is 36.6. The summed E-state index contributed by atoms with van der Waals surface area (Å²) in [6.45, 7) is 0. The van der Waals surface area contributed by atoms with E-state index >= 15 is 0 Å². The van der Waals surface area contributed by atoms with Crippen molar-refractivity contribution in [2.24, 2.45) is 0 Å². The Balaban J connectivity index is 1.19. The van der Waals surface area contributed by atoms with E-state index in [0.29, 0.717) is 17.7 Å². The van der Waals surface area contributed by atoms with E-state index in [1.165, 1.54) is 20.7 Å². The molecule has 0 spiro atoms. The first-order valence-corrected chi connectivity index (χ1v) is 23.4. The van der Waals surface area contributed by atoms with Gasteiger partial charge in [0.15, 0.2) is 13.9 Å². The zero-order chi connectivity index (χ0) is 41.7. The molecule has 12 aromatic rings. The molecule has 0 aliphatic rings. The van der Waals surface area contributed by atoms with Crippen molar-refractivity contribution >= 4 is 72.4 Å². The maximum atomic E-state index is 5.51. The number of rotatable bonds is 8. The SMILES string of the molecule is c1ccc(-c2cc([Si](c3ccccc3)(c3ccccc3)c3ccccc3)ccc2-c2nc(-n3c4ccccc4c4ccccc43)nc(-n3c4ccccc4c4ccccc43)n2)cc1. The van der Waals surface area contributed by atoms with Gasteiger partial charge in [-0.1, -0.05) is 212 Å². The summed E-state index contributed by atoms with van der Waals surface area (Å²) in [6.07, 6.45) is 0. The second-order valence-corrected chi connectivity index (χ2v) is 19.8. The van der Waals surface area contributed by atoms with Crippen LogP contribution in [0.3, 0.4) is 0 Å². The molecule has 3 heterocycles. The van der Waals surface area contributed by atoms with Crippen molar-refractivity contribution < 1.29 is 0 Å². The highest BCUT2D eigenvalue weighted by molar-refractivity contribution is 7.19. The third-order valence-corrected chi connectivity index (χ3v) is 17.3. The van der Waals surface area contributed by atoms with E-state index < -0.39 is 8.07 Å². The van der Waals surface area contributed by atoms with E-state index in [0.717, 1.165) is 60.3 Å². The lowest BCUT2D eigenvalue weighted by atomic mass is 9.99. The van der Waals surface area contributed by atoms with Gasteiger partial charge in [0.05, 0.1) is 22.1 Å². The molecule has 0 unspecified atom stereocenters. The molecule has 0 atom stereocenters. The molecular weight excluding hydrogens is 783 g/mol. The summed E-state index contributed by atoms with van der Waals surface area (Å²) in [4.78, 5) is 16.4. The molecule has 6 heteroatoms. The van der Waals surface area contributed by atoms with Gasteiger partial charge >= 0.3 is 0 Å². The van der Waals surface area contributed by atoms with Crippen molar-refractivity contribution in [1.29, 1.82) is 0 Å². The zero-order valence-electron chi connectivity index (χ0n) is 34.3.